The van der Waals surface area contributed by atoms with Gasteiger partial charge in [-0.05, 0) is 135 Å². The van der Waals surface area contributed by atoms with Crippen molar-refractivity contribution in [3.63, 3.8) is 0 Å². The zero-order valence-electron chi connectivity index (χ0n) is 60.6. The molecule has 9 nitrogen and oxygen atoms in total. The molecule has 0 saturated heterocycles. The predicted molar refractivity (Wildman–Crippen MR) is 408 cm³/mol. The molecule has 0 rings (SSSR count). The van der Waals surface area contributed by atoms with Crippen molar-refractivity contribution in [2.24, 2.45) is 0 Å². The van der Waals surface area contributed by atoms with E-state index in [9.17, 15) is 19.0 Å². The second-order valence-corrected chi connectivity index (χ2v) is 27.0. The largest absolute Gasteiger partial charge is 0.472 e. The van der Waals surface area contributed by atoms with Gasteiger partial charge in [0.1, 0.15) is 19.8 Å². The van der Waals surface area contributed by atoms with E-state index < -0.39 is 26.5 Å². The topological polar surface area (TPSA) is 108 Å². The molecule has 0 aromatic heterocycles. The highest BCUT2D eigenvalue weighted by atomic mass is 31.2. The number of ether oxygens (including phenoxy) is 2. The van der Waals surface area contributed by atoms with Gasteiger partial charge in [-0.1, -0.05) is 318 Å². The molecule has 0 saturated carbocycles. The number of esters is 2. The van der Waals surface area contributed by atoms with Crippen LogP contribution in [0, 0.1) is 0 Å². The molecule has 0 aliphatic heterocycles. The molecule has 0 aliphatic rings. The van der Waals surface area contributed by atoms with Crippen molar-refractivity contribution in [3.05, 3.63) is 182 Å². The van der Waals surface area contributed by atoms with Crippen molar-refractivity contribution in [2.75, 3.05) is 47.5 Å². The van der Waals surface area contributed by atoms with Crippen LogP contribution in [-0.4, -0.2) is 74.9 Å². The van der Waals surface area contributed by atoms with Gasteiger partial charge in [0.25, 0.3) is 0 Å². The van der Waals surface area contributed by atoms with E-state index in [-0.39, 0.29) is 32.0 Å². The first kappa shape index (κ1) is 89.1. The van der Waals surface area contributed by atoms with E-state index >= 15 is 0 Å². The highest BCUT2D eigenvalue weighted by Crippen LogP contribution is 2.43. The second-order valence-electron chi connectivity index (χ2n) is 25.6. The number of hydrogen-bond acceptors (Lipinski definition) is 7. The lowest BCUT2D eigenvalue weighted by atomic mass is 10.0. The SMILES string of the molecule is CC/C=C\C/C=C\C/C=C\C/C=C\C/C=C\C/C=C\C/C=C\C/C=C\C/C=C\C/C=C\CCCCC(=O)OC(COC(=O)CCCCCCCCCCCCCCCCCCCCCCC/C=C\C/C=C\C/C=C\C/C=C\C/C=C\CC)COP(=O)(O)OCC[N+](C)(C)C. The summed E-state index contributed by atoms with van der Waals surface area (Å²) in [6.07, 6.45) is 112. The molecule has 0 aliphatic carbocycles. The number of hydrogen-bond donors (Lipinski definition) is 1. The molecule has 2 atom stereocenters. The first-order valence-electron chi connectivity index (χ1n) is 37.5. The lowest BCUT2D eigenvalue weighted by Crippen LogP contribution is -2.37. The molecule has 0 amide bonds. The van der Waals surface area contributed by atoms with E-state index in [0.717, 1.165) is 128 Å². The van der Waals surface area contributed by atoms with Crippen molar-refractivity contribution in [1.29, 1.82) is 0 Å². The Kier molecular flexibility index (Phi) is 68.6. The van der Waals surface area contributed by atoms with Gasteiger partial charge < -0.3 is 18.9 Å². The van der Waals surface area contributed by atoms with Crippen LogP contribution in [0.4, 0.5) is 0 Å². The first-order chi connectivity index (χ1) is 46.0. The minimum atomic E-state index is -4.42. The van der Waals surface area contributed by atoms with E-state index in [0.29, 0.717) is 17.4 Å². The molecule has 0 fully saturated rings. The summed E-state index contributed by atoms with van der Waals surface area (Å²) in [6, 6.07) is 0. The third-order valence-corrected chi connectivity index (χ3v) is 16.4. The van der Waals surface area contributed by atoms with Crippen LogP contribution in [0.15, 0.2) is 182 Å². The van der Waals surface area contributed by atoms with Gasteiger partial charge in [0, 0.05) is 12.8 Å². The molecule has 0 spiro atoms. The summed E-state index contributed by atoms with van der Waals surface area (Å²) in [5.41, 5.74) is 0. The van der Waals surface area contributed by atoms with Crippen LogP contribution < -0.4 is 0 Å². The van der Waals surface area contributed by atoms with E-state index in [4.69, 9.17) is 18.5 Å². The maximum Gasteiger partial charge on any atom is 0.472 e. The lowest BCUT2D eigenvalue weighted by molar-refractivity contribution is -0.870. The highest BCUT2D eigenvalue weighted by molar-refractivity contribution is 7.47. The van der Waals surface area contributed by atoms with Gasteiger partial charge in [-0.3, -0.25) is 18.6 Å². The normalized spacial score (nSPS) is 14.1. The van der Waals surface area contributed by atoms with Crippen molar-refractivity contribution in [2.45, 2.75) is 290 Å². The molecule has 0 radical (unpaired) electrons. The number of unbranched alkanes of at least 4 members (excludes halogenated alkanes) is 23. The summed E-state index contributed by atoms with van der Waals surface area (Å²) in [5.74, 6) is -0.853. The number of likely N-dealkylation sites (N-methyl/N-ethyl adjacent to an activating group) is 1. The maximum atomic E-state index is 12.9. The Bertz CT molecular complexity index is 2240. The van der Waals surface area contributed by atoms with E-state index in [2.05, 4.69) is 196 Å². The maximum absolute atomic E-state index is 12.9. The Morgan fingerprint density at radius 2 is 0.574 bits per heavy atom. The summed E-state index contributed by atoms with van der Waals surface area (Å²) >= 11 is 0. The number of quaternary nitrogens is 1. The van der Waals surface area contributed by atoms with Crippen molar-refractivity contribution < 1.29 is 42.1 Å². The fourth-order valence-electron chi connectivity index (χ4n) is 9.78. The minimum Gasteiger partial charge on any atom is -0.462 e. The van der Waals surface area contributed by atoms with Crippen molar-refractivity contribution in [1.82, 2.24) is 0 Å². The molecule has 1 N–H and O–H groups in total. The Morgan fingerprint density at radius 3 is 0.872 bits per heavy atom. The Labute approximate surface area is 578 Å². The van der Waals surface area contributed by atoms with Crippen LogP contribution >= 0.6 is 7.82 Å². The summed E-state index contributed by atoms with van der Waals surface area (Å²) in [5, 5.41) is 0. The smallest absolute Gasteiger partial charge is 0.462 e. The first-order valence-corrected chi connectivity index (χ1v) is 39.0. The zero-order chi connectivity index (χ0) is 68.3. The van der Waals surface area contributed by atoms with Crippen LogP contribution in [0.3, 0.4) is 0 Å². The third-order valence-electron chi connectivity index (χ3n) is 15.4. The average Bonchev–Trinajstić information content (AvgIpc) is 1.56. The van der Waals surface area contributed by atoms with Crippen LogP contribution in [0.5, 0.6) is 0 Å². The van der Waals surface area contributed by atoms with Gasteiger partial charge in [-0.15, -0.1) is 0 Å². The van der Waals surface area contributed by atoms with E-state index in [1.807, 2.05) is 21.1 Å². The van der Waals surface area contributed by atoms with Crippen LogP contribution in [0.2, 0.25) is 0 Å². The highest BCUT2D eigenvalue weighted by Gasteiger charge is 2.27. The number of phosphoric ester groups is 1. The van der Waals surface area contributed by atoms with Gasteiger partial charge in [0.15, 0.2) is 6.10 Å². The summed E-state index contributed by atoms with van der Waals surface area (Å²) in [6.45, 7) is 4.15. The molecule has 0 aromatic rings. The Hall–Kier alpha value is -4.89. The van der Waals surface area contributed by atoms with Gasteiger partial charge >= 0.3 is 19.8 Å². The number of phosphoric acid groups is 1. The molecular weight excluding hydrogens is 1180 g/mol. The number of carbonyl (C=O) groups is 2. The van der Waals surface area contributed by atoms with Gasteiger partial charge in [0.2, 0.25) is 0 Å². The summed E-state index contributed by atoms with van der Waals surface area (Å²) in [4.78, 5) is 35.9. The van der Waals surface area contributed by atoms with E-state index in [1.165, 1.54) is 122 Å². The van der Waals surface area contributed by atoms with Crippen molar-refractivity contribution in [3.8, 4) is 0 Å². The summed E-state index contributed by atoms with van der Waals surface area (Å²) in [7, 11) is 1.43. The monoisotopic (exact) mass is 1320 g/mol. The molecule has 94 heavy (non-hydrogen) atoms. The van der Waals surface area contributed by atoms with Crippen LogP contribution in [0.1, 0.15) is 284 Å². The fraction of sp³-hybridized carbons (Fsp3) is 0.619. The number of allylic oxidation sites excluding steroid dienone is 30. The van der Waals surface area contributed by atoms with Crippen LogP contribution in [0.25, 0.3) is 0 Å². The van der Waals surface area contributed by atoms with Gasteiger partial charge in [0.05, 0.1) is 27.7 Å². The molecule has 0 aromatic carbocycles. The minimum absolute atomic E-state index is 0.0149. The Balaban J connectivity index is 4.11. The standard InChI is InChI=1S/C84H138NO8P/c1-6-8-10-12-14-16-18-20-22-24-26-28-30-32-34-36-38-40-41-42-43-45-46-48-50-52-54-56-58-60-62-64-66-68-70-72-74-76-83(86)90-80-82(81-92-94(88,89)91-79-78-85(3,4)5)93-84(87)77-75-73-71-69-67-65-63-61-59-57-55-53-51-49-47-44-39-37-35-33-31-29-27-25-23-21-19-17-15-13-11-9-7-2/h8-11,14-17,20-23,26-29,32-35,39,44,49,51,55,57,61,63,67,69,82H,6-7,12-13,18-19,24-25,30-31,36-38,40-43,45-48,50,52-54,56,58-60,62,64-66,68,70-81H2,1-5H3/p+1/b10-8-,11-9-,16-14-,17-15-,22-20-,23-21-,28-26-,29-27-,34-32-,35-33-,44-39-,51-49-,57-55-,63-61-,69-67-. The lowest BCUT2D eigenvalue weighted by Gasteiger charge is -2.24. The average molecular weight is 1320 g/mol. The predicted octanol–water partition coefficient (Wildman–Crippen LogP) is 25.0. The summed E-state index contributed by atoms with van der Waals surface area (Å²) < 4.78 is 34.7. The van der Waals surface area contributed by atoms with Crippen molar-refractivity contribution >= 4 is 19.8 Å². The number of carbonyl (C=O) groups excluding carboxylic acids is 2. The number of nitrogens with zero attached hydrogens (tertiary/aromatic N) is 1. The second kappa shape index (κ2) is 72.4. The molecular formula is C84H139NO8P+. The Morgan fingerprint density at radius 1 is 0.330 bits per heavy atom. The molecule has 10 heteroatoms. The number of rotatable bonds is 67. The zero-order valence-corrected chi connectivity index (χ0v) is 61.5. The molecule has 0 heterocycles. The molecule has 0 bridgehead atoms. The van der Waals surface area contributed by atoms with Crippen LogP contribution in [-0.2, 0) is 32.7 Å². The molecule has 532 valence electrons. The van der Waals surface area contributed by atoms with Gasteiger partial charge in [-0.25, -0.2) is 4.57 Å². The van der Waals surface area contributed by atoms with Gasteiger partial charge in [-0.2, -0.15) is 0 Å². The quantitative estimate of drug-likeness (QED) is 0.0211. The van der Waals surface area contributed by atoms with E-state index in [1.54, 1.807) is 0 Å². The third kappa shape index (κ3) is 76.1. The molecule has 2 unspecified atom stereocenters. The fourth-order valence-corrected chi connectivity index (χ4v) is 10.5.